The molecule has 0 aliphatic rings. The van der Waals surface area contributed by atoms with Crippen LogP contribution in [0.15, 0.2) is 76.2 Å². The van der Waals surface area contributed by atoms with Crippen molar-refractivity contribution in [3.8, 4) is 11.5 Å². The van der Waals surface area contributed by atoms with E-state index in [-0.39, 0.29) is 11.7 Å². The SMILES string of the molecule is CCOc1cc(/C=N\NC(=O)CSc2nc3ccccc3s2)ccc1OCc1ccc(C)cc1. The van der Waals surface area contributed by atoms with Gasteiger partial charge in [0.1, 0.15) is 6.61 Å². The van der Waals surface area contributed by atoms with Crippen molar-refractivity contribution in [3.05, 3.63) is 83.4 Å². The number of nitrogens with one attached hydrogen (secondary N) is 1. The van der Waals surface area contributed by atoms with Crippen LogP contribution in [0.4, 0.5) is 0 Å². The molecule has 0 saturated heterocycles. The fourth-order valence-corrected chi connectivity index (χ4v) is 4.95. The highest BCUT2D eigenvalue weighted by Gasteiger charge is 2.08. The molecule has 0 spiro atoms. The number of carbonyl (C=O) groups excluding carboxylic acids is 1. The lowest BCUT2D eigenvalue weighted by Gasteiger charge is -2.12. The van der Waals surface area contributed by atoms with Crippen molar-refractivity contribution in [1.29, 1.82) is 0 Å². The predicted octanol–water partition coefficient (Wildman–Crippen LogP) is 5.82. The fraction of sp³-hybridized carbons (Fsp3) is 0.192. The maximum atomic E-state index is 12.2. The van der Waals surface area contributed by atoms with Gasteiger partial charge in [-0.2, -0.15) is 5.10 Å². The molecular formula is C26H25N3O3S2. The van der Waals surface area contributed by atoms with Crippen LogP contribution in [0.25, 0.3) is 10.2 Å². The first kappa shape index (κ1) is 23.8. The Labute approximate surface area is 207 Å². The summed E-state index contributed by atoms with van der Waals surface area (Å²) in [6, 6.07) is 21.7. The van der Waals surface area contributed by atoms with Crippen LogP contribution in [-0.4, -0.2) is 29.5 Å². The number of hydrogen-bond donors (Lipinski definition) is 1. The standard InChI is InChI=1S/C26H25N3O3S2/c1-3-31-23-14-20(12-13-22(23)32-16-19-10-8-18(2)9-11-19)15-27-29-25(30)17-33-26-28-21-6-4-5-7-24(21)34-26/h4-15H,3,16-17H2,1-2H3,(H,29,30)/b27-15-. The zero-order valence-corrected chi connectivity index (χ0v) is 20.6. The molecular weight excluding hydrogens is 466 g/mol. The molecule has 0 atom stereocenters. The summed E-state index contributed by atoms with van der Waals surface area (Å²) in [5, 5.41) is 4.08. The second-order valence-electron chi connectivity index (χ2n) is 7.44. The van der Waals surface area contributed by atoms with Crippen molar-refractivity contribution in [3.63, 3.8) is 0 Å². The molecule has 1 amide bonds. The van der Waals surface area contributed by atoms with Gasteiger partial charge in [0.25, 0.3) is 5.91 Å². The van der Waals surface area contributed by atoms with Crippen LogP contribution in [0, 0.1) is 6.92 Å². The van der Waals surface area contributed by atoms with Crippen molar-refractivity contribution >= 4 is 45.4 Å². The van der Waals surface area contributed by atoms with Gasteiger partial charge in [-0.3, -0.25) is 4.79 Å². The summed E-state index contributed by atoms with van der Waals surface area (Å²) in [7, 11) is 0. The van der Waals surface area contributed by atoms with Crippen molar-refractivity contribution < 1.29 is 14.3 Å². The lowest BCUT2D eigenvalue weighted by molar-refractivity contribution is -0.118. The second-order valence-corrected chi connectivity index (χ2v) is 9.70. The minimum Gasteiger partial charge on any atom is -0.490 e. The third-order valence-electron chi connectivity index (χ3n) is 4.79. The van der Waals surface area contributed by atoms with Crippen molar-refractivity contribution in [2.24, 2.45) is 5.10 Å². The van der Waals surface area contributed by atoms with Crippen LogP contribution in [0.1, 0.15) is 23.6 Å². The number of para-hydroxylation sites is 1. The lowest BCUT2D eigenvalue weighted by Crippen LogP contribution is -2.19. The molecule has 3 aromatic carbocycles. The Balaban J connectivity index is 1.31. The third kappa shape index (κ3) is 6.59. The molecule has 1 N–H and O–H groups in total. The molecule has 0 radical (unpaired) electrons. The van der Waals surface area contributed by atoms with Gasteiger partial charge < -0.3 is 9.47 Å². The molecule has 0 aliphatic heterocycles. The highest BCUT2D eigenvalue weighted by atomic mass is 32.2. The molecule has 6 nitrogen and oxygen atoms in total. The van der Waals surface area contributed by atoms with Crippen molar-refractivity contribution in [2.45, 2.75) is 24.8 Å². The second kappa shape index (κ2) is 11.7. The Hall–Kier alpha value is -3.36. The number of ether oxygens (including phenoxy) is 2. The van der Waals surface area contributed by atoms with E-state index in [1.165, 1.54) is 17.3 Å². The van der Waals surface area contributed by atoms with E-state index >= 15 is 0 Å². The Morgan fingerprint density at radius 3 is 2.71 bits per heavy atom. The number of amides is 1. The van der Waals surface area contributed by atoms with E-state index in [1.807, 2.05) is 49.4 Å². The largest absolute Gasteiger partial charge is 0.490 e. The summed E-state index contributed by atoms with van der Waals surface area (Å²) in [4.78, 5) is 16.7. The van der Waals surface area contributed by atoms with E-state index in [1.54, 1.807) is 17.6 Å². The van der Waals surface area contributed by atoms with Gasteiger partial charge in [-0.15, -0.1) is 11.3 Å². The molecule has 174 valence electrons. The van der Waals surface area contributed by atoms with Gasteiger partial charge in [-0.1, -0.05) is 53.7 Å². The summed E-state index contributed by atoms with van der Waals surface area (Å²) in [6.45, 7) is 4.95. The summed E-state index contributed by atoms with van der Waals surface area (Å²) in [5.74, 6) is 1.35. The van der Waals surface area contributed by atoms with Gasteiger partial charge >= 0.3 is 0 Å². The Morgan fingerprint density at radius 1 is 1.09 bits per heavy atom. The number of hydrogen-bond acceptors (Lipinski definition) is 7. The number of hydrazone groups is 1. The molecule has 0 aliphatic carbocycles. The lowest BCUT2D eigenvalue weighted by atomic mass is 10.2. The first-order valence-corrected chi connectivity index (χ1v) is 12.7. The molecule has 0 bridgehead atoms. The molecule has 0 fully saturated rings. The number of aromatic nitrogens is 1. The number of aryl methyl sites for hydroxylation is 1. The molecule has 0 saturated carbocycles. The number of benzene rings is 3. The normalized spacial score (nSPS) is 11.1. The number of thioether (sulfide) groups is 1. The minimum absolute atomic E-state index is 0.191. The number of fused-ring (bicyclic) bond motifs is 1. The zero-order chi connectivity index (χ0) is 23.8. The molecule has 1 aromatic heterocycles. The van der Waals surface area contributed by atoms with Crippen LogP contribution >= 0.6 is 23.1 Å². The summed E-state index contributed by atoms with van der Waals surface area (Å²) in [5.41, 5.74) is 6.61. The summed E-state index contributed by atoms with van der Waals surface area (Å²) < 4.78 is 13.7. The van der Waals surface area contributed by atoms with E-state index in [0.29, 0.717) is 24.7 Å². The Kier molecular flexibility index (Phi) is 8.17. The topological polar surface area (TPSA) is 72.8 Å². The van der Waals surface area contributed by atoms with Gasteiger partial charge in [0, 0.05) is 0 Å². The highest BCUT2D eigenvalue weighted by molar-refractivity contribution is 8.01. The molecule has 4 aromatic rings. The van der Waals surface area contributed by atoms with Crippen LogP contribution in [-0.2, 0) is 11.4 Å². The van der Waals surface area contributed by atoms with Crippen LogP contribution in [0.2, 0.25) is 0 Å². The van der Waals surface area contributed by atoms with Crippen LogP contribution in [0.3, 0.4) is 0 Å². The maximum Gasteiger partial charge on any atom is 0.250 e. The fourth-order valence-electron chi connectivity index (χ4n) is 3.09. The molecule has 4 rings (SSSR count). The summed E-state index contributed by atoms with van der Waals surface area (Å²) >= 11 is 2.98. The smallest absolute Gasteiger partial charge is 0.250 e. The average Bonchev–Trinajstić information content (AvgIpc) is 3.27. The van der Waals surface area contributed by atoms with Crippen LogP contribution in [0.5, 0.6) is 11.5 Å². The quantitative estimate of drug-likeness (QED) is 0.172. The molecule has 34 heavy (non-hydrogen) atoms. The van der Waals surface area contributed by atoms with Gasteiger partial charge in [-0.25, -0.2) is 10.4 Å². The Morgan fingerprint density at radius 2 is 1.91 bits per heavy atom. The third-order valence-corrected chi connectivity index (χ3v) is 6.97. The number of rotatable bonds is 10. The van der Waals surface area contributed by atoms with Gasteiger partial charge in [0.05, 0.1) is 28.8 Å². The minimum atomic E-state index is -0.191. The van der Waals surface area contributed by atoms with Crippen LogP contribution < -0.4 is 14.9 Å². The maximum absolute atomic E-state index is 12.2. The molecule has 0 unspecified atom stereocenters. The molecule has 8 heteroatoms. The van der Waals surface area contributed by atoms with Gasteiger partial charge in [0.2, 0.25) is 0 Å². The van der Waals surface area contributed by atoms with Gasteiger partial charge in [-0.05, 0) is 55.3 Å². The number of carbonyl (C=O) groups is 1. The van der Waals surface area contributed by atoms with Crippen molar-refractivity contribution in [1.82, 2.24) is 10.4 Å². The first-order chi connectivity index (χ1) is 16.6. The van der Waals surface area contributed by atoms with E-state index in [2.05, 4.69) is 46.7 Å². The van der Waals surface area contributed by atoms with E-state index in [9.17, 15) is 4.79 Å². The number of thiazole rings is 1. The average molecular weight is 492 g/mol. The van der Waals surface area contributed by atoms with E-state index < -0.39 is 0 Å². The zero-order valence-electron chi connectivity index (χ0n) is 19.0. The van der Waals surface area contributed by atoms with E-state index in [0.717, 1.165) is 25.7 Å². The molecule has 1 heterocycles. The highest BCUT2D eigenvalue weighted by Crippen LogP contribution is 2.30. The number of nitrogens with zero attached hydrogens (tertiary/aromatic N) is 2. The van der Waals surface area contributed by atoms with E-state index in [4.69, 9.17) is 9.47 Å². The Bertz CT molecular complexity index is 1250. The monoisotopic (exact) mass is 491 g/mol. The summed E-state index contributed by atoms with van der Waals surface area (Å²) in [6.07, 6.45) is 1.59. The predicted molar refractivity (Wildman–Crippen MR) is 139 cm³/mol. The first-order valence-electron chi connectivity index (χ1n) is 10.9. The van der Waals surface area contributed by atoms with Crippen molar-refractivity contribution in [2.75, 3.05) is 12.4 Å². The van der Waals surface area contributed by atoms with Gasteiger partial charge in [0.15, 0.2) is 15.8 Å².